The van der Waals surface area contributed by atoms with E-state index in [4.69, 9.17) is 23.7 Å². The second-order valence-corrected chi connectivity index (χ2v) is 14.4. The molecule has 56 heavy (non-hydrogen) atoms. The van der Waals surface area contributed by atoms with Crippen LogP contribution in [-0.2, 0) is 48.1 Å². The number of hydrogen-bond donors (Lipinski definition) is 1. The maximum absolute atomic E-state index is 12.0. The first-order valence-electron chi connectivity index (χ1n) is 19.2. The summed E-state index contributed by atoms with van der Waals surface area (Å²) in [7, 11) is 0. The lowest BCUT2D eigenvalue weighted by Gasteiger charge is -2.44. The monoisotopic (exact) mass is 766 g/mol. The molecule has 294 valence electrons. The second-order valence-electron chi connectivity index (χ2n) is 14.4. The summed E-state index contributed by atoms with van der Waals surface area (Å²) >= 11 is 0. The molecule has 0 aromatic heterocycles. The molecule has 0 amide bonds. The largest absolute Gasteiger partial charge is 0.507 e. The number of nitro benzene ring substituents is 2. The van der Waals surface area contributed by atoms with Gasteiger partial charge in [0.2, 0.25) is 0 Å². The van der Waals surface area contributed by atoms with Crippen molar-refractivity contribution in [2.75, 3.05) is 26.4 Å². The summed E-state index contributed by atoms with van der Waals surface area (Å²) in [6.45, 7) is 1.45. The molecule has 0 spiro atoms. The normalized spacial score (nSPS) is 25.3. The summed E-state index contributed by atoms with van der Waals surface area (Å²) in [5.74, 6) is -0.0345. The van der Waals surface area contributed by atoms with Crippen molar-refractivity contribution in [1.29, 1.82) is 0 Å². The first-order valence-corrected chi connectivity index (χ1v) is 19.2. The lowest BCUT2D eigenvalue weighted by Crippen LogP contribution is -2.47. The minimum Gasteiger partial charge on any atom is -0.507 e. The predicted molar refractivity (Wildman–Crippen MR) is 205 cm³/mol. The SMILES string of the molecule is O=[N+]([O-])c1ccc(N=Nc2cc3c(O)c(c2)CO[C@@]2(c4ccccc4)CCCC[C@H]2OCCOCCO[C@@H]2CCCC[C@]2(c2ccccc2)OC3)c([N+](=O)[O-])c1. The molecule has 1 heterocycles. The van der Waals surface area contributed by atoms with Crippen LogP contribution in [-0.4, -0.2) is 53.6 Å². The number of azo groups is 1. The maximum atomic E-state index is 12.0. The Bertz CT molecular complexity index is 1920. The van der Waals surface area contributed by atoms with Crippen LogP contribution in [0.2, 0.25) is 0 Å². The van der Waals surface area contributed by atoms with E-state index in [2.05, 4.69) is 10.2 Å². The Balaban J connectivity index is 1.31. The van der Waals surface area contributed by atoms with E-state index in [0.29, 0.717) is 50.4 Å². The number of phenolic OH excluding ortho intramolecular Hbond substituents is 1. The number of rotatable bonds is 6. The molecule has 2 aliphatic carbocycles. The van der Waals surface area contributed by atoms with Gasteiger partial charge in [0.15, 0.2) is 5.69 Å². The van der Waals surface area contributed by atoms with E-state index in [1.54, 1.807) is 12.1 Å². The van der Waals surface area contributed by atoms with E-state index in [-0.39, 0.29) is 42.5 Å². The number of hydrogen-bond acceptors (Lipinski definition) is 12. The van der Waals surface area contributed by atoms with Crippen molar-refractivity contribution in [3.63, 3.8) is 0 Å². The summed E-state index contributed by atoms with van der Waals surface area (Å²) in [6, 6.07) is 26.4. The van der Waals surface area contributed by atoms with Gasteiger partial charge in [0, 0.05) is 17.2 Å². The lowest BCUT2D eigenvalue weighted by atomic mass is 9.76. The van der Waals surface area contributed by atoms with Crippen LogP contribution < -0.4 is 0 Å². The van der Waals surface area contributed by atoms with Crippen molar-refractivity contribution >= 4 is 22.7 Å². The molecule has 1 aliphatic heterocycles. The highest BCUT2D eigenvalue weighted by Crippen LogP contribution is 2.46. The minimum absolute atomic E-state index is 0.0271. The number of phenols is 1. The number of benzene rings is 4. The van der Waals surface area contributed by atoms with Gasteiger partial charge in [0.05, 0.1) is 73.4 Å². The molecule has 4 aromatic carbocycles. The Morgan fingerprint density at radius 1 is 0.643 bits per heavy atom. The Morgan fingerprint density at radius 3 is 1.68 bits per heavy atom. The molecule has 14 nitrogen and oxygen atoms in total. The van der Waals surface area contributed by atoms with E-state index in [0.717, 1.165) is 61.8 Å². The fourth-order valence-electron chi connectivity index (χ4n) is 8.26. The fourth-order valence-corrected chi connectivity index (χ4v) is 8.26. The topological polar surface area (TPSA) is 177 Å². The maximum Gasteiger partial charge on any atom is 0.303 e. The zero-order chi connectivity index (χ0) is 39.0. The summed E-state index contributed by atoms with van der Waals surface area (Å²) in [5, 5.41) is 43.7. The van der Waals surface area contributed by atoms with Crippen LogP contribution in [0.4, 0.5) is 22.7 Å². The van der Waals surface area contributed by atoms with Crippen molar-refractivity contribution in [2.24, 2.45) is 10.2 Å². The van der Waals surface area contributed by atoms with Crippen molar-refractivity contribution in [2.45, 2.75) is 88.0 Å². The number of aromatic hydroxyl groups is 1. The number of fused-ring (bicyclic) bond motifs is 4. The molecular weight excluding hydrogens is 720 g/mol. The van der Waals surface area contributed by atoms with Gasteiger partial charge in [-0.25, -0.2) is 0 Å². The summed E-state index contributed by atoms with van der Waals surface area (Å²) in [5.41, 5.74) is 0.194. The summed E-state index contributed by atoms with van der Waals surface area (Å²) < 4.78 is 33.0. The first-order chi connectivity index (χ1) is 27.3. The number of ether oxygens (including phenoxy) is 5. The van der Waals surface area contributed by atoms with E-state index < -0.39 is 32.4 Å². The van der Waals surface area contributed by atoms with Gasteiger partial charge in [0.1, 0.15) is 17.0 Å². The standard InChI is InChI=1S/C42H46N4O10/c47-40-30-25-34(43-44-36-18-17-35(45(48)49)27-37(36)46(50)51)26-31(40)29-56-42(33-13-5-2-6-14-33)20-10-8-16-39(42)54-24-22-52-21-23-53-38-15-7-9-19-41(38,55-28-30)32-11-3-1-4-12-32/h1-6,11-14,17-18,25-27,38-39,47H,7-10,15-16,19-24,28-29H2/t38-,39-,41-,42-/m1/s1. The highest BCUT2D eigenvalue weighted by atomic mass is 16.6. The average molecular weight is 767 g/mol. The van der Waals surface area contributed by atoms with Crippen molar-refractivity contribution in [3.8, 4) is 5.75 Å². The highest BCUT2D eigenvalue weighted by molar-refractivity contribution is 5.62. The lowest BCUT2D eigenvalue weighted by molar-refractivity contribution is -0.393. The molecule has 4 atom stereocenters. The molecule has 0 saturated heterocycles. The van der Waals surface area contributed by atoms with Gasteiger partial charge >= 0.3 is 5.69 Å². The Morgan fingerprint density at radius 2 is 1.18 bits per heavy atom. The van der Waals surface area contributed by atoms with E-state index in [1.165, 1.54) is 6.07 Å². The van der Waals surface area contributed by atoms with E-state index in [1.807, 2.05) is 60.7 Å². The molecule has 1 N–H and O–H groups in total. The fraction of sp³-hybridized carbons (Fsp3) is 0.429. The van der Waals surface area contributed by atoms with Crippen LogP contribution in [0.1, 0.15) is 73.6 Å². The molecule has 4 aromatic rings. The van der Waals surface area contributed by atoms with E-state index >= 15 is 0 Å². The Kier molecular flexibility index (Phi) is 12.4. The predicted octanol–water partition coefficient (Wildman–Crippen LogP) is 9.40. The second kappa shape index (κ2) is 17.8. The molecule has 0 radical (unpaired) electrons. The van der Waals surface area contributed by atoms with Crippen molar-refractivity contribution in [3.05, 3.63) is 133 Å². The summed E-state index contributed by atoms with van der Waals surface area (Å²) in [4.78, 5) is 21.8. The molecule has 3 aliphatic rings. The smallest absolute Gasteiger partial charge is 0.303 e. The molecular formula is C42H46N4O10. The van der Waals surface area contributed by atoms with Crippen molar-refractivity contribution in [1.82, 2.24) is 0 Å². The quantitative estimate of drug-likeness (QED) is 0.113. The number of nitro groups is 2. The van der Waals surface area contributed by atoms with Gasteiger partial charge in [-0.3, -0.25) is 20.2 Å². The molecule has 0 unspecified atom stereocenters. The molecule has 7 rings (SSSR count). The highest BCUT2D eigenvalue weighted by Gasteiger charge is 2.46. The van der Waals surface area contributed by atoms with Gasteiger partial charge in [-0.2, -0.15) is 5.11 Å². The third kappa shape index (κ3) is 8.49. The zero-order valence-electron chi connectivity index (χ0n) is 31.1. The van der Waals surface area contributed by atoms with Crippen LogP contribution in [0.15, 0.2) is 101 Å². The molecule has 2 saturated carbocycles. The van der Waals surface area contributed by atoms with Crippen LogP contribution in [0.25, 0.3) is 0 Å². The third-order valence-electron chi connectivity index (χ3n) is 11.1. The van der Waals surface area contributed by atoms with Gasteiger partial charge in [-0.15, -0.1) is 5.11 Å². The molecule has 2 bridgehead atoms. The molecule has 14 heteroatoms. The first kappa shape index (κ1) is 39.1. The number of nitrogens with zero attached hydrogens (tertiary/aromatic N) is 4. The zero-order valence-corrected chi connectivity index (χ0v) is 31.1. The summed E-state index contributed by atoms with van der Waals surface area (Å²) in [6.07, 6.45) is 6.12. The minimum atomic E-state index is -0.833. The van der Waals surface area contributed by atoms with E-state index in [9.17, 15) is 25.3 Å². The van der Waals surface area contributed by atoms with Crippen LogP contribution in [0.5, 0.6) is 5.75 Å². The van der Waals surface area contributed by atoms with Crippen LogP contribution >= 0.6 is 0 Å². The molecule has 2 fully saturated rings. The Labute approximate surface area is 324 Å². The number of non-ortho nitro benzene ring substituents is 1. The van der Waals surface area contributed by atoms with Gasteiger partial charge in [-0.1, -0.05) is 86.3 Å². The Hall–Kier alpha value is -5.12. The van der Waals surface area contributed by atoms with Gasteiger partial charge < -0.3 is 28.8 Å². The van der Waals surface area contributed by atoms with Crippen molar-refractivity contribution < 1.29 is 38.6 Å². The van der Waals surface area contributed by atoms with Gasteiger partial charge in [-0.05, 0) is 55.0 Å². The third-order valence-corrected chi connectivity index (χ3v) is 11.1. The average Bonchev–Trinajstić information content (AvgIpc) is 3.23. The van der Waals surface area contributed by atoms with Gasteiger partial charge in [0.25, 0.3) is 5.69 Å². The van der Waals surface area contributed by atoms with Crippen LogP contribution in [0, 0.1) is 20.2 Å². The van der Waals surface area contributed by atoms with Crippen LogP contribution in [0.3, 0.4) is 0 Å².